The van der Waals surface area contributed by atoms with E-state index in [0.717, 1.165) is 14.9 Å². The van der Waals surface area contributed by atoms with Crippen molar-refractivity contribution in [2.75, 3.05) is 11.9 Å². The van der Waals surface area contributed by atoms with Crippen molar-refractivity contribution in [2.24, 2.45) is 0 Å². The van der Waals surface area contributed by atoms with Crippen LogP contribution in [0, 0.1) is 0 Å². The number of thiophene rings is 1. The van der Waals surface area contributed by atoms with Crippen LogP contribution in [0.5, 0.6) is 0 Å². The number of fused-ring (bicyclic) bond motifs is 1. The van der Waals surface area contributed by atoms with E-state index in [0.29, 0.717) is 21.3 Å². The number of anilines is 1. The summed E-state index contributed by atoms with van der Waals surface area (Å²) >= 11 is 17.4. The number of amides is 2. The molecule has 2 heterocycles. The first kappa shape index (κ1) is 19.5. The first-order valence-electron chi connectivity index (χ1n) is 8.33. The largest absolute Gasteiger partial charge is 0.324 e. The smallest absolute Gasteiger partial charge is 0.256 e. The molecule has 0 saturated carbocycles. The van der Waals surface area contributed by atoms with Crippen molar-refractivity contribution in [3.05, 3.63) is 84.4 Å². The first-order valence-corrected chi connectivity index (χ1v) is 10.8. The van der Waals surface area contributed by atoms with Crippen LogP contribution in [0.15, 0.2) is 58.4 Å². The second-order valence-corrected chi connectivity index (χ2v) is 8.99. The Kier molecular flexibility index (Phi) is 5.47. The van der Waals surface area contributed by atoms with Crippen molar-refractivity contribution in [1.82, 2.24) is 4.90 Å². The second kappa shape index (κ2) is 7.87. The van der Waals surface area contributed by atoms with Gasteiger partial charge in [0.1, 0.15) is 6.54 Å². The van der Waals surface area contributed by atoms with E-state index in [1.54, 1.807) is 36.4 Å². The van der Waals surface area contributed by atoms with Crippen LogP contribution < -0.4 is 5.32 Å². The average Bonchev–Trinajstić information content (AvgIpc) is 3.14. The number of halogens is 3. The molecule has 0 radical (unpaired) electrons. The van der Waals surface area contributed by atoms with Gasteiger partial charge in [-0.2, -0.15) is 0 Å². The molecule has 4 rings (SSSR count). The minimum atomic E-state index is -0.463. The van der Waals surface area contributed by atoms with Gasteiger partial charge in [-0.3, -0.25) is 9.59 Å². The Bertz CT molecular complexity index is 1070. The third-order valence-electron chi connectivity index (χ3n) is 4.44. The molecule has 0 spiro atoms. The normalized spacial score (nSPS) is 16.3. The number of carbonyl (C=O) groups is 2. The van der Waals surface area contributed by atoms with E-state index in [-0.39, 0.29) is 18.4 Å². The number of hydrogen-bond acceptors (Lipinski definition) is 3. The third-order valence-corrected chi connectivity index (χ3v) is 6.42. The zero-order valence-electron chi connectivity index (χ0n) is 14.3. The van der Waals surface area contributed by atoms with Gasteiger partial charge in [-0.15, -0.1) is 11.3 Å². The SMILES string of the molecule is O=C1CN(C(=O)c2cc(Br)ccc2Cl)C(c2cccs2)c2cc(Cl)ccc2N1. The third kappa shape index (κ3) is 3.70. The van der Waals surface area contributed by atoms with Crippen LogP contribution in [0.4, 0.5) is 5.69 Å². The molecule has 28 heavy (non-hydrogen) atoms. The van der Waals surface area contributed by atoms with E-state index in [1.807, 2.05) is 17.5 Å². The van der Waals surface area contributed by atoms with Gasteiger partial charge in [-0.05, 0) is 47.8 Å². The van der Waals surface area contributed by atoms with Crippen molar-refractivity contribution in [1.29, 1.82) is 0 Å². The van der Waals surface area contributed by atoms with Gasteiger partial charge < -0.3 is 10.2 Å². The first-order chi connectivity index (χ1) is 13.4. The molecule has 2 amide bonds. The van der Waals surface area contributed by atoms with E-state index in [4.69, 9.17) is 23.2 Å². The molecule has 0 aliphatic carbocycles. The Labute approximate surface area is 184 Å². The zero-order valence-corrected chi connectivity index (χ0v) is 18.2. The molecule has 1 aliphatic rings. The predicted octanol–water partition coefficient (Wildman–Crippen LogP) is 6.00. The maximum Gasteiger partial charge on any atom is 0.256 e. The topological polar surface area (TPSA) is 49.4 Å². The quantitative estimate of drug-likeness (QED) is 0.473. The van der Waals surface area contributed by atoms with E-state index in [9.17, 15) is 9.59 Å². The van der Waals surface area contributed by atoms with Crippen molar-refractivity contribution < 1.29 is 9.59 Å². The lowest BCUT2D eigenvalue weighted by molar-refractivity contribution is -0.117. The summed E-state index contributed by atoms with van der Waals surface area (Å²) in [6.07, 6.45) is 0. The number of hydrogen-bond donors (Lipinski definition) is 1. The van der Waals surface area contributed by atoms with Gasteiger partial charge >= 0.3 is 0 Å². The highest BCUT2D eigenvalue weighted by Gasteiger charge is 2.35. The van der Waals surface area contributed by atoms with Crippen molar-refractivity contribution in [2.45, 2.75) is 6.04 Å². The fourth-order valence-electron chi connectivity index (χ4n) is 3.24. The van der Waals surface area contributed by atoms with Gasteiger partial charge in [0.15, 0.2) is 0 Å². The Balaban J connectivity index is 1.90. The molecule has 4 nitrogen and oxygen atoms in total. The van der Waals surface area contributed by atoms with Gasteiger partial charge in [-0.25, -0.2) is 0 Å². The summed E-state index contributed by atoms with van der Waals surface area (Å²) in [5.74, 6) is -0.602. The van der Waals surface area contributed by atoms with Gasteiger partial charge in [-0.1, -0.05) is 45.2 Å². The Hall–Kier alpha value is -1.86. The van der Waals surface area contributed by atoms with E-state index in [1.165, 1.54) is 16.2 Å². The molecule has 1 atom stereocenters. The summed E-state index contributed by atoms with van der Waals surface area (Å²) < 4.78 is 0.732. The lowest BCUT2D eigenvalue weighted by Crippen LogP contribution is -2.38. The zero-order chi connectivity index (χ0) is 19.8. The summed E-state index contributed by atoms with van der Waals surface area (Å²) in [5.41, 5.74) is 1.74. The average molecular weight is 496 g/mol. The molecule has 8 heteroatoms. The highest BCUT2D eigenvalue weighted by atomic mass is 79.9. The Morgan fingerprint density at radius 3 is 2.75 bits per heavy atom. The van der Waals surface area contributed by atoms with Crippen LogP contribution in [0.1, 0.15) is 26.8 Å². The van der Waals surface area contributed by atoms with E-state index < -0.39 is 6.04 Å². The monoisotopic (exact) mass is 494 g/mol. The number of benzene rings is 2. The summed E-state index contributed by atoms with van der Waals surface area (Å²) in [5, 5.41) is 5.67. The van der Waals surface area contributed by atoms with Crippen LogP contribution in [0.25, 0.3) is 0 Å². The molecule has 1 aliphatic heterocycles. The highest BCUT2D eigenvalue weighted by molar-refractivity contribution is 9.10. The Morgan fingerprint density at radius 2 is 2.00 bits per heavy atom. The summed E-state index contributed by atoms with van der Waals surface area (Å²) in [4.78, 5) is 28.5. The number of carbonyl (C=O) groups excluding carboxylic acids is 2. The van der Waals surface area contributed by atoms with Crippen LogP contribution in [0.2, 0.25) is 10.0 Å². The molecular formula is C20H13BrCl2N2O2S. The molecule has 0 fully saturated rings. The molecule has 3 aromatic rings. The van der Waals surface area contributed by atoms with E-state index in [2.05, 4.69) is 21.2 Å². The van der Waals surface area contributed by atoms with E-state index >= 15 is 0 Å². The van der Waals surface area contributed by atoms with Gasteiger partial charge in [0.05, 0.1) is 16.6 Å². The number of rotatable bonds is 2. The minimum Gasteiger partial charge on any atom is -0.324 e. The maximum atomic E-state index is 13.5. The fraction of sp³-hybridized carbons (Fsp3) is 0.100. The van der Waals surface area contributed by atoms with Gasteiger partial charge in [0.25, 0.3) is 5.91 Å². The lowest BCUT2D eigenvalue weighted by atomic mass is 10.0. The van der Waals surface area contributed by atoms with Crippen LogP contribution in [0.3, 0.4) is 0 Å². The molecule has 1 N–H and O–H groups in total. The van der Waals surface area contributed by atoms with Gasteiger partial charge in [0, 0.05) is 25.6 Å². The van der Waals surface area contributed by atoms with Crippen molar-refractivity contribution in [3.8, 4) is 0 Å². The molecule has 0 bridgehead atoms. The highest BCUT2D eigenvalue weighted by Crippen LogP contribution is 2.40. The summed E-state index contributed by atoms with van der Waals surface area (Å²) in [6.45, 7) is -0.101. The molecule has 142 valence electrons. The fourth-order valence-corrected chi connectivity index (χ4v) is 4.83. The van der Waals surface area contributed by atoms with Gasteiger partial charge in [0.2, 0.25) is 5.91 Å². The van der Waals surface area contributed by atoms with Crippen LogP contribution >= 0.6 is 50.5 Å². The summed E-state index contributed by atoms with van der Waals surface area (Å²) in [7, 11) is 0. The molecule has 2 aromatic carbocycles. The van der Waals surface area contributed by atoms with Crippen LogP contribution in [-0.4, -0.2) is 23.3 Å². The number of nitrogens with one attached hydrogen (secondary N) is 1. The number of nitrogens with zero attached hydrogens (tertiary/aromatic N) is 1. The molecule has 1 unspecified atom stereocenters. The van der Waals surface area contributed by atoms with Crippen molar-refractivity contribution in [3.63, 3.8) is 0 Å². The predicted molar refractivity (Wildman–Crippen MR) is 116 cm³/mol. The molecule has 1 aromatic heterocycles. The summed E-state index contributed by atoms with van der Waals surface area (Å²) in [6, 6.07) is 13.7. The van der Waals surface area contributed by atoms with Crippen molar-refractivity contribution >= 4 is 68.0 Å². The molecule has 0 saturated heterocycles. The lowest BCUT2D eigenvalue weighted by Gasteiger charge is -2.30. The second-order valence-electron chi connectivity index (χ2n) is 6.25. The molecular weight excluding hydrogens is 483 g/mol. The van der Waals surface area contributed by atoms with Crippen LogP contribution in [-0.2, 0) is 4.79 Å². The minimum absolute atomic E-state index is 0.101. The standard InChI is InChI=1S/C20H13BrCl2N2O2S/c21-11-3-5-15(23)13(8-11)20(27)25-10-18(26)24-16-6-4-12(22)9-14(16)19(25)17-2-1-7-28-17/h1-9,19H,10H2,(H,24,26). The maximum absolute atomic E-state index is 13.5. The Morgan fingerprint density at radius 1 is 1.18 bits per heavy atom.